The van der Waals surface area contributed by atoms with E-state index in [1.54, 1.807) is 14.2 Å². The molecule has 0 saturated heterocycles. The first-order chi connectivity index (χ1) is 31.7. The number of nitrogens with zero attached hydrogens (tertiary/aromatic N) is 2. The minimum absolute atomic E-state index is 0.639. The second-order valence-electron chi connectivity index (χ2n) is 16.3. The molecule has 0 aliphatic rings. The van der Waals surface area contributed by atoms with Gasteiger partial charge in [-0.1, -0.05) is 170 Å². The van der Waals surface area contributed by atoms with Crippen molar-refractivity contribution in [1.82, 2.24) is 9.97 Å². The normalized spacial score (nSPS) is 11.6. The van der Waals surface area contributed by atoms with Crippen molar-refractivity contribution in [1.29, 1.82) is 0 Å². The van der Waals surface area contributed by atoms with Crippen LogP contribution in [-0.2, 0) is 0 Å². The maximum atomic E-state index is 5.99. The van der Waals surface area contributed by atoms with Crippen molar-refractivity contribution in [3.63, 3.8) is 0 Å². The van der Waals surface area contributed by atoms with E-state index in [0.29, 0.717) is 11.5 Å². The summed E-state index contributed by atoms with van der Waals surface area (Å²) in [5, 5.41) is 11.5. The van der Waals surface area contributed by atoms with E-state index in [-0.39, 0.29) is 0 Å². The molecule has 0 amide bonds. The third-order valence-electron chi connectivity index (χ3n) is 12.8. The van der Waals surface area contributed by atoms with Crippen molar-refractivity contribution in [3.05, 3.63) is 206 Å². The molecule has 0 fully saturated rings. The first-order valence-corrected chi connectivity index (χ1v) is 21.6. The molecule has 2 heterocycles. The van der Waals surface area contributed by atoms with Crippen LogP contribution in [0.25, 0.3) is 121 Å². The average molecular weight is 821 g/mol. The van der Waals surface area contributed by atoms with Gasteiger partial charge in [-0.2, -0.15) is 0 Å². The van der Waals surface area contributed by atoms with Gasteiger partial charge in [-0.15, -0.1) is 0 Å². The molecule has 4 heteroatoms. The Kier molecular flexibility index (Phi) is 8.91. The van der Waals surface area contributed by atoms with Crippen LogP contribution in [0.15, 0.2) is 206 Å². The van der Waals surface area contributed by atoms with Gasteiger partial charge in [0.1, 0.15) is 11.0 Å². The van der Waals surface area contributed by atoms with Crippen molar-refractivity contribution >= 4 is 64.9 Å². The zero-order valence-electron chi connectivity index (χ0n) is 35.3. The van der Waals surface area contributed by atoms with Crippen LogP contribution in [0.2, 0.25) is 0 Å². The molecular weight excluding hydrogens is 781 g/mol. The predicted octanol–water partition coefficient (Wildman–Crippen LogP) is 15.7. The number of hydrogen-bond donors (Lipinski definition) is 0. The lowest BCUT2D eigenvalue weighted by molar-refractivity contribution is 0.362. The summed E-state index contributed by atoms with van der Waals surface area (Å²) in [6.07, 6.45) is 0. The van der Waals surface area contributed by atoms with Crippen molar-refractivity contribution in [2.24, 2.45) is 0 Å². The Hall–Kier alpha value is -8.34. The van der Waals surface area contributed by atoms with Gasteiger partial charge in [0.05, 0.1) is 25.6 Å². The van der Waals surface area contributed by atoms with E-state index >= 15 is 0 Å². The Morgan fingerprint density at radius 1 is 0.297 bits per heavy atom. The van der Waals surface area contributed by atoms with E-state index < -0.39 is 0 Å². The van der Waals surface area contributed by atoms with Gasteiger partial charge < -0.3 is 9.47 Å². The van der Waals surface area contributed by atoms with Gasteiger partial charge >= 0.3 is 0 Å². The Bertz CT molecular complexity index is 3810. The first kappa shape index (κ1) is 37.4. The molecule has 2 aromatic heterocycles. The quantitative estimate of drug-likeness (QED) is 0.119. The summed E-state index contributed by atoms with van der Waals surface area (Å²) in [4.78, 5) is 10.6. The lowest BCUT2D eigenvalue weighted by atomic mass is 9.83. The molecular formula is C60H40N2O2. The highest BCUT2D eigenvalue weighted by Crippen LogP contribution is 2.48. The molecule has 0 unspecified atom stereocenters. The van der Waals surface area contributed by atoms with E-state index in [9.17, 15) is 0 Å². The summed E-state index contributed by atoms with van der Waals surface area (Å²) in [5.41, 5.74) is 12.4. The highest BCUT2D eigenvalue weighted by molar-refractivity contribution is 6.25. The second-order valence-corrected chi connectivity index (χ2v) is 16.3. The zero-order chi connectivity index (χ0) is 42.7. The Balaban J connectivity index is 1.08. The molecule has 12 aromatic rings. The molecule has 0 atom stereocenters. The van der Waals surface area contributed by atoms with Gasteiger partial charge in [-0.3, -0.25) is 0 Å². The summed E-state index contributed by atoms with van der Waals surface area (Å²) >= 11 is 0. The van der Waals surface area contributed by atoms with Gasteiger partial charge in [0.2, 0.25) is 0 Å². The Labute approximate surface area is 370 Å². The molecule has 0 radical (unpaired) electrons. The summed E-state index contributed by atoms with van der Waals surface area (Å²) in [6.45, 7) is 0. The average Bonchev–Trinajstić information content (AvgIpc) is 3.37. The Morgan fingerprint density at radius 2 is 0.719 bits per heavy atom. The fraction of sp³-hybridized carbons (Fsp3) is 0.0333. The van der Waals surface area contributed by atoms with E-state index in [1.807, 2.05) is 24.3 Å². The number of pyridine rings is 2. The molecule has 64 heavy (non-hydrogen) atoms. The monoisotopic (exact) mass is 820 g/mol. The van der Waals surface area contributed by atoms with E-state index in [1.165, 1.54) is 65.3 Å². The lowest BCUT2D eigenvalue weighted by Gasteiger charge is -2.20. The van der Waals surface area contributed by atoms with Gasteiger partial charge in [0.25, 0.3) is 0 Å². The van der Waals surface area contributed by atoms with Crippen LogP contribution in [0.1, 0.15) is 0 Å². The maximum absolute atomic E-state index is 5.99. The summed E-state index contributed by atoms with van der Waals surface area (Å²) in [5.74, 6) is 1.28. The summed E-state index contributed by atoms with van der Waals surface area (Å²) < 4.78 is 11.9. The molecule has 0 N–H and O–H groups in total. The molecule has 0 aliphatic heterocycles. The minimum Gasteiger partial charge on any atom is -0.492 e. The predicted molar refractivity (Wildman–Crippen MR) is 267 cm³/mol. The first-order valence-electron chi connectivity index (χ1n) is 21.6. The van der Waals surface area contributed by atoms with Crippen LogP contribution >= 0.6 is 0 Å². The van der Waals surface area contributed by atoms with Crippen molar-refractivity contribution < 1.29 is 9.47 Å². The molecule has 302 valence electrons. The van der Waals surface area contributed by atoms with Gasteiger partial charge in [-0.25, -0.2) is 9.97 Å². The molecule has 0 bridgehead atoms. The van der Waals surface area contributed by atoms with Gasteiger partial charge in [0, 0.05) is 21.9 Å². The lowest BCUT2D eigenvalue weighted by Crippen LogP contribution is -1.98. The van der Waals surface area contributed by atoms with Crippen LogP contribution < -0.4 is 9.47 Å². The number of methoxy groups -OCH3 is 2. The van der Waals surface area contributed by atoms with Crippen LogP contribution in [0.5, 0.6) is 11.5 Å². The van der Waals surface area contributed by atoms with Crippen LogP contribution in [0.3, 0.4) is 0 Å². The highest BCUT2D eigenvalue weighted by Gasteiger charge is 2.22. The van der Waals surface area contributed by atoms with E-state index in [0.717, 1.165) is 55.4 Å². The van der Waals surface area contributed by atoms with Crippen molar-refractivity contribution in [2.75, 3.05) is 14.2 Å². The maximum Gasteiger partial charge on any atom is 0.170 e. The highest BCUT2D eigenvalue weighted by atomic mass is 16.5. The van der Waals surface area contributed by atoms with Gasteiger partial charge in [-0.05, 0) is 113 Å². The molecule has 10 aromatic carbocycles. The number of fused-ring (bicyclic) bond motifs is 7. The van der Waals surface area contributed by atoms with E-state index in [4.69, 9.17) is 19.4 Å². The largest absolute Gasteiger partial charge is 0.492 e. The number of rotatable bonds is 7. The van der Waals surface area contributed by atoms with Crippen molar-refractivity contribution in [3.8, 4) is 67.4 Å². The second kappa shape index (κ2) is 15.2. The number of ether oxygens (including phenoxy) is 2. The third-order valence-corrected chi connectivity index (χ3v) is 12.8. The fourth-order valence-electron chi connectivity index (χ4n) is 9.91. The third kappa shape index (κ3) is 5.99. The Morgan fingerprint density at radius 3 is 1.31 bits per heavy atom. The van der Waals surface area contributed by atoms with Gasteiger partial charge in [0.15, 0.2) is 11.5 Å². The summed E-state index contributed by atoms with van der Waals surface area (Å²) in [6, 6.07) is 73.9. The number of aromatic nitrogens is 2. The number of benzene rings is 10. The topological polar surface area (TPSA) is 44.2 Å². The standard InChI is InChI=1S/C60H40N2O2/c1-63-59-50-31-33-53(39-17-4-3-5-18-39)61-57(50)58-51(60(59)64-2)32-34-54(62-58)42-22-12-21-40(35-42)41-29-30-49-52(36-41)56(46-28-14-20-38-16-7-9-24-44(38)46)48-26-11-10-25-47(48)55(49)45-27-13-19-37-15-6-8-23-43(37)45/h3-36H,1-2H3. The molecule has 0 aliphatic carbocycles. The molecule has 4 nitrogen and oxygen atoms in total. The van der Waals surface area contributed by atoms with Crippen LogP contribution in [0, 0.1) is 0 Å². The molecule has 0 saturated carbocycles. The minimum atomic E-state index is 0.639. The fourth-order valence-corrected chi connectivity index (χ4v) is 9.91. The van der Waals surface area contributed by atoms with Crippen LogP contribution in [-0.4, -0.2) is 24.2 Å². The molecule has 12 rings (SSSR count). The van der Waals surface area contributed by atoms with Crippen molar-refractivity contribution in [2.45, 2.75) is 0 Å². The SMILES string of the molecule is COc1c(OC)c2ccc(-c3cccc(-c4ccc5c(-c6cccc7ccccc67)c6ccccc6c(-c6cccc7ccccc67)c5c4)c3)nc2c2nc(-c3ccccc3)ccc12. The smallest absolute Gasteiger partial charge is 0.170 e. The van der Waals surface area contributed by atoms with E-state index in [2.05, 4.69) is 182 Å². The summed E-state index contributed by atoms with van der Waals surface area (Å²) in [7, 11) is 3.35. The zero-order valence-corrected chi connectivity index (χ0v) is 35.3. The van der Waals surface area contributed by atoms with Crippen LogP contribution in [0.4, 0.5) is 0 Å². The number of hydrogen-bond acceptors (Lipinski definition) is 4. The molecule has 0 spiro atoms.